The lowest BCUT2D eigenvalue weighted by Crippen LogP contribution is -2.37. The summed E-state index contributed by atoms with van der Waals surface area (Å²) in [6.07, 6.45) is 7.32. The number of aryl methyl sites for hydroxylation is 2. The van der Waals surface area contributed by atoms with Gasteiger partial charge in [0.25, 0.3) is 5.91 Å². The zero-order valence-corrected chi connectivity index (χ0v) is 22.2. The summed E-state index contributed by atoms with van der Waals surface area (Å²) in [5, 5.41) is 5.35. The van der Waals surface area contributed by atoms with E-state index in [0.717, 1.165) is 39.1 Å². The number of amides is 1. The maximum absolute atomic E-state index is 11.9. The van der Waals surface area contributed by atoms with Gasteiger partial charge in [-0.2, -0.15) is 5.10 Å². The van der Waals surface area contributed by atoms with Gasteiger partial charge in [0.1, 0.15) is 12.0 Å². The van der Waals surface area contributed by atoms with E-state index in [2.05, 4.69) is 83.8 Å². The number of aromatic amines is 1. The molecule has 0 saturated heterocycles. The van der Waals surface area contributed by atoms with E-state index in [1.165, 1.54) is 5.56 Å². The molecule has 8 nitrogen and oxygen atoms in total. The SMILES string of the molecule is Cc1cc(-c2ncnc3[nH]c(-c4cnn(C)c4)cc23)ccc1C(C)N1C=C(C(N)=O)SC1C(C)(C)C. The lowest BCUT2D eigenvalue weighted by molar-refractivity contribution is -0.113. The summed E-state index contributed by atoms with van der Waals surface area (Å²) in [4.78, 5) is 27.3. The van der Waals surface area contributed by atoms with Gasteiger partial charge in [0, 0.05) is 36.0 Å². The normalized spacial score (nSPS) is 17.0. The van der Waals surface area contributed by atoms with Crippen molar-refractivity contribution in [2.24, 2.45) is 18.2 Å². The van der Waals surface area contributed by atoms with Crippen LogP contribution >= 0.6 is 11.8 Å². The lowest BCUT2D eigenvalue weighted by atomic mass is 9.92. The number of benzene rings is 1. The summed E-state index contributed by atoms with van der Waals surface area (Å²) in [5.41, 5.74) is 12.6. The Bertz CT molecular complexity index is 1490. The van der Waals surface area contributed by atoms with E-state index in [1.54, 1.807) is 22.8 Å². The van der Waals surface area contributed by atoms with E-state index in [9.17, 15) is 4.79 Å². The van der Waals surface area contributed by atoms with E-state index in [4.69, 9.17) is 5.73 Å². The Morgan fingerprint density at radius 3 is 2.61 bits per heavy atom. The monoisotopic (exact) mass is 501 g/mol. The molecule has 4 heterocycles. The smallest absolute Gasteiger partial charge is 0.256 e. The fraction of sp³-hybridized carbons (Fsp3) is 0.333. The number of hydrogen-bond donors (Lipinski definition) is 2. The summed E-state index contributed by atoms with van der Waals surface area (Å²) < 4.78 is 1.78. The van der Waals surface area contributed by atoms with Crippen LogP contribution in [0.2, 0.25) is 0 Å². The number of aromatic nitrogens is 5. The zero-order chi connectivity index (χ0) is 25.8. The summed E-state index contributed by atoms with van der Waals surface area (Å²) in [5.74, 6) is -0.374. The van der Waals surface area contributed by atoms with E-state index in [1.807, 2.05) is 25.6 Å². The number of nitrogens with one attached hydrogen (secondary N) is 1. The van der Waals surface area contributed by atoms with E-state index in [-0.39, 0.29) is 22.7 Å². The zero-order valence-electron chi connectivity index (χ0n) is 21.4. The highest BCUT2D eigenvalue weighted by atomic mass is 32.2. The highest BCUT2D eigenvalue weighted by molar-refractivity contribution is 8.04. The number of fused-ring (bicyclic) bond motifs is 1. The Labute approximate surface area is 215 Å². The molecule has 186 valence electrons. The Morgan fingerprint density at radius 1 is 1.19 bits per heavy atom. The first-order valence-electron chi connectivity index (χ1n) is 11.9. The summed E-state index contributed by atoms with van der Waals surface area (Å²) in [6, 6.07) is 8.61. The molecule has 0 bridgehead atoms. The molecule has 3 N–H and O–H groups in total. The molecule has 0 saturated carbocycles. The molecule has 1 amide bonds. The van der Waals surface area contributed by atoms with Crippen molar-refractivity contribution < 1.29 is 4.79 Å². The van der Waals surface area contributed by atoms with Gasteiger partial charge in [0.05, 0.1) is 33.9 Å². The first-order chi connectivity index (χ1) is 17.0. The van der Waals surface area contributed by atoms with Crippen molar-refractivity contribution in [1.29, 1.82) is 0 Å². The average molecular weight is 502 g/mol. The molecule has 2 unspecified atom stereocenters. The van der Waals surface area contributed by atoms with Gasteiger partial charge in [-0.15, -0.1) is 0 Å². The molecule has 3 aromatic heterocycles. The largest absolute Gasteiger partial charge is 0.365 e. The number of thioether (sulfide) groups is 1. The molecule has 1 aliphatic heterocycles. The number of hydrogen-bond acceptors (Lipinski definition) is 6. The molecule has 0 radical (unpaired) electrons. The topological polar surface area (TPSA) is 106 Å². The number of H-pyrrole nitrogens is 1. The van der Waals surface area contributed by atoms with E-state index < -0.39 is 0 Å². The number of nitrogens with two attached hydrogens (primary N) is 1. The minimum Gasteiger partial charge on any atom is -0.365 e. The molecular formula is C27H31N7OS. The summed E-state index contributed by atoms with van der Waals surface area (Å²) >= 11 is 1.55. The van der Waals surface area contributed by atoms with Gasteiger partial charge in [0.2, 0.25) is 0 Å². The quantitative estimate of drug-likeness (QED) is 0.392. The van der Waals surface area contributed by atoms with Crippen LogP contribution in [0.3, 0.4) is 0 Å². The van der Waals surface area contributed by atoms with Crippen molar-refractivity contribution in [3.8, 4) is 22.5 Å². The second-order valence-corrected chi connectivity index (χ2v) is 11.6. The summed E-state index contributed by atoms with van der Waals surface area (Å²) in [6.45, 7) is 10.9. The number of rotatable bonds is 5. The van der Waals surface area contributed by atoms with Gasteiger partial charge in [-0.1, -0.05) is 44.7 Å². The highest BCUT2D eigenvalue weighted by Gasteiger charge is 2.39. The molecule has 0 fully saturated rings. The van der Waals surface area contributed by atoms with Crippen molar-refractivity contribution in [1.82, 2.24) is 29.6 Å². The molecule has 4 aromatic rings. The second kappa shape index (κ2) is 8.81. The number of carbonyl (C=O) groups excluding carboxylic acids is 1. The van der Waals surface area contributed by atoms with Crippen LogP contribution in [0.25, 0.3) is 33.5 Å². The maximum Gasteiger partial charge on any atom is 0.256 e. The van der Waals surface area contributed by atoms with Gasteiger partial charge in [-0.05, 0) is 42.5 Å². The Balaban J connectivity index is 1.50. The fourth-order valence-corrected chi connectivity index (χ4v) is 6.07. The molecule has 1 aliphatic rings. The Hall–Kier alpha value is -3.59. The molecule has 5 rings (SSSR count). The molecule has 9 heteroatoms. The molecule has 0 aliphatic carbocycles. The van der Waals surface area contributed by atoms with Gasteiger partial charge in [0.15, 0.2) is 0 Å². The van der Waals surface area contributed by atoms with Crippen LogP contribution in [0.15, 0.2) is 54.1 Å². The fourth-order valence-electron chi connectivity index (χ4n) is 4.81. The predicted molar refractivity (Wildman–Crippen MR) is 145 cm³/mol. The lowest BCUT2D eigenvalue weighted by Gasteiger charge is -2.39. The second-order valence-electron chi connectivity index (χ2n) is 10.5. The van der Waals surface area contributed by atoms with Crippen molar-refractivity contribution >= 4 is 28.7 Å². The minimum absolute atomic E-state index is 0.0344. The molecule has 36 heavy (non-hydrogen) atoms. The van der Waals surface area contributed by atoms with Crippen molar-refractivity contribution in [2.45, 2.75) is 46.0 Å². The van der Waals surface area contributed by atoms with E-state index in [0.29, 0.717) is 4.91 Å². The summed E-state index contributed by atoms with van der Waals surface area (Å²) in [7, 11) is 1.90. The first-order valence-corrected chi connectivity index (χ1v) is 12.8. The van der Waals surface area contributed by atoms with Crippen LogP contribution in [-0.4, -0.2) is 40.9 Å². The van der Waals surface area contributed by atoms with Gasteiger partial charge in [-0.25, -0.2) is 9.97 Å². The molecule has 0 spiro atoms. The minimum atomic E-state index is -0.374. The number of primary amides is 1. The number of nitrogens with zero attached hydrogens (tertiary/aromatic N) is 5. The van der Waals surface area contributed by atoms with Crippen molar-refractivity contribution in [3.63, 3.8) is 0 Å². The first kappa shape index (κ1) is 24.1. The molecule has 1 aromatic carbocycles. The Kier molecular flexibility index (Phi) is 5.90. The predicted octanol–water partition coefficient (Wildman–Crippen LogP) is 5.14. The average Bonchev–Trinajstić information content (AvgIpc) is 3.55. The Morgan fingerprint density at radius 2 is 1.97 bits per heavy atom. The van der Waals surface area contributed by atoms with Crippen LogP contribution < -0.4 is 5.73 Å². The standard InChI is InChI=1S/C27H31N7OS/c1-15-9-17(23-20-10-21(18-11-31-33(6)12-18)32-25(20)30-14-29-23)7-8-19(15)16(2)34-13-22(24(28)35)36-26(34)27(3,4)5/h7-14,16,26H,1-6H3,(H2,28,35)(H,29,30,32). The van der Waals surface area contributed by atoms with Crippen LogP contribution in [0.4, 0.5) is 0 Å². The van der Waals surface area contributed by atoms with Crippen LogP contribution in [-0.2, 0) is 11.8 Å². The molecule has 2 atom stereocenters. The van der Waals surface area contributed by atoms with Crippen LogP contribution in [0.1, 0.15) is 44.9 Å². The third-order valence-electron chi connectivity index (χ3n) is 6.64. The van der Waals surface area contributed by atoms with Crippen LogP contribution in [0.5, 0.6) is 0 Å². The third-order valence-corrected chi connectivity index (χ3v) is 8.38. The number of carbonyl (C=O) groups is 1. The third kappa shape index (κ3) is 4.28. The van der Waals surface area contributed by atoms with Gasteiger partial charge in [-0.3, -0.25) is 9.48 Å². The molecular weight excluding hydrogens is 470 g/mol. The highest BCUT2D eigenvalue weighted by Crippen LogP contribution is 2.46. The van der Waals surface area contributed by atoms with Crippen molar-refractivity contribution in [3.05, 3.63) is 65.2 Å². The van der Waals surface area contributed by atoms with Crippen LogP contribution in [0, 0.1) is 12.3 Å². The van der Waals surface area contributed by atoms with E-state index >= 15 is 0 Å². The van der Waals surface area contributed by atoms with Crippen molar-refractivity contribution in [2.75, 3.05) is 0 Å². The van der Waals surface area contributed by atoms with Gasteiger partial charge < -0.3 is 15.6 Å². The van der Waals surface area contributed by atoms with Gasteiger partial charge >= 0.3 is 0 Å². The maximum atomic E-state index is 11.9.